The molecule has 1 aliphatic carbocycles. The first-order valence-electron chi connectivity index (χ1n) is 13.9. The predicted molar refractivity (Wildman–Crippen MR) is 153 cm³/mol. The minimum atomic E-state index is -1.19. The van der Waals surface area contributed by atoms with Gasteiger partial charge in [0.25, 0.3) is 0 Å². The number of hydrogen-bond donors (Lipinski definition) is 1. The van der Waals surface area contributed by atoms with Crippen molar-refractivity contribution in [1.29, 1.82) is 0 Å². The predicted octanol–water partition coefficient (Wildman–Crippen LogP) is 6.83. The van der Waals surface area contributed by atoms with Crippen molar-refractivity contribution in [3.63, 3.8) is 0 Å². The number of halogens is 1. The molecule has 1 spiro atoms. The number of carbonyl (C=O) groups is 1. The van der Waals surface area contributed by atoms with E-state index in [0.29, 0.717) is 28.0 Å². The molecule has 4 aromatic rings. The molecule has 0 bridgehead atoms. The molecule has 2 aromatic carbocycles. The Morgan fingerprint density at radius 2 is 1.65 bits per heavy atom. The molecule has 8 heteroatoms. The van der Waals surface area contributed by atoms with E-state index in [4.69, 9.17) is 14.8 Å². The average molecular weight is 543 g/mol. The summed E-state index contributed by atoms with van der Waals surface area (Å²) in [5.41, 5.74) is 4.84. The molecule has 1 N–H and O–H groups in total. The van der Waals surface area contributed by atoms with E-state index in [9.17, 15) is 14.3 Å². The number of benzene rings is 2. The molecular formula is C32H35FN4O3. The van der Waals surface area contributed by atoms with E-state index in [0.717, 1.165) is 48.4 Å². The van der Waals surface area contributed by atoms with Crippen LogP contribution < -0.4 is 4.90 Å². The van der Waals surface area contributed by atoms with Crippen molar-refractivity contribution >= 4 is 17.4 Å². The lowest BCUT2D eigenvalue weighted by Gasteiger charge is -2.36. The summed E-state index contributed by atoms with van der Waals surface area (Å²) in [6.07, 6.45) is 3.52. The second kappa shape index (κ2) is 9.70. The second-order valence-corrected chi connectivity index (χ2v) is 12.3. The number of rotatable bonds is 6. The monoisotopic (exact) mass is 542 g/mol. The number of piperidine rings is 1. The van der Waals surface area contributed by atoms with Gasteiger partial charge in [-0.3, -0.25) is 0 Å². The quantitative estimate of drug-likeness (QED) is 0.288. The van der Waals surface area contributed by atoms with Crippen LogP contribution in [0.15, 0.2) is 54.6 Å². The smallest absolute Gasteiger partial charge is 0.337 e. The Morgan fingerprint density at radius 1 is 1.00 bits per heavy atom. The molecule has 40 heavy (non-hydrogen) atoms. The number of aryl methyl sites for hydroxylation is 1. The van der Waals surface area contributed by atoms with Crippen LogP contribution in [0.2, 0.25) is 0 Å². The lowest BCUT2D eigenvalue weighted by atomic mass is 9.93. The maximum Gasteiger partial charge on any atom is 0.337 e. The Kier molecular flexibility index (Phi) is 6.41. The highest BCUT2D eigenvalue weighted by Gasteiger charge is 2.45. The Bertz CT molecular complexity index is 1590. The summed E-state index contributed by atoms with van der Waals surface area (Å²) in [7, 11) is 0. The highest BCUT2D eigenvalue weighted by molar-refractivity contribution is 5.79. The van der Waals surface area contributed by atoms with Gasteiger partial charge in [0.15, 0.2) is 11.8 Å². The normalized spacial score (nSPS) is 17.4. The highest BCUT2D eigenvalue weighted by atomic mass is 19.1. The van der Waals surface area contributed by atoms with E-state index in [-0.39, 0.29) is 5.82 Å². The number of carboxylic acid groups (broad SMARTS) is 1. The van der Waals surface area contributed by atoms with E-state index in [1.165, 1.54) is 25.0 Å². The zero-order valence-electron chi connectivity index (χ0n) is 23.4. The number of aliphatic carboxylic acids is 1. The largest absolute Gasteiger partial charge is 0.479 e. The van der Waals surface area contributed by atoms with Crippen molar-refractivity contribution < 1.29 is 19.0 Å². The molecule has 0 radical (unpaired) electrons. The summed E-state index contributed by atoms with van der Waals surface area (Å²) >= 11 is 0. The van der Waals surface area contributed by atoms with E-state index >= 15 is 0 Å². The molecular weight excluding hydrogens is 507 g/mol. The molecule has 2 aliphatic rings. The van der Waals surface area contributed by atoms with E-state index in [1.807, 2.05) is 64.1 Å². The van der Waals surface area contributed by atoms with E-state index < -0.39 is 17.7 Å². The van der Waals surface area contributed by atoms with Gasteiger partial charge in [-0.25, -0.2) is 14.2 Å². The van der Waals surface area contributed by atoms with Gasteiger partial charge in [-0.2, -0.15) is 9.61 Å². The van der Waals surface area contributed by atoms with E-state index in [1.54, 1.807) is 10.6 Å². The summed E-state index contributed by atoms with van der Waals surface area (Å²) in [6, 6.07) is 16.3. The van der Waals surface area contributed by atoms with Crippen molar-refractivity contribution in [2.24, 2.45) is 5.41 Å². The van der Waals surface area contributed by atoms with Crippen LogP contribution in [0.25, 0.3) is 28.0 Å². The SMILES string of the molecule is Cc1nc2cc(-c3cccc(-c4cccc(F)c4)c3)nn2c(N2CCC3(CC2)CC3)c1[C@H](OC(C)(C)C)C(=O)O. The summed E-state index contributed by atoms with van der Waals surface area (Å²) in [5.74, 6) is -0.596. The minimum absolute atomic E-state index is 0.285. The fourth-order valence-electron chi connectivity index (χ4n) is 5.85. The number of fused-ring (bicyclic) bond motifs is 1. The molecule has 6 rings (SSSR count). The molecule has 0 unspecified atom stereocenters. The third-order valence-corrected chi connectivity index (χ3v) is 8.16. The Hall–Kier alpha value is -3.78. The molecule has 3 heterocycles. The maximum absolute atomic E-state index is 13.9. The molecule has 1 saturated heterocycles. The summed E-state index contributed by atoms with van der Waals surface area (Å²) in [4.78, 5) is 19.7. The number of aromatic nitrogens is 3. The number of carboxylic acids is 1. The number of anilines is 1. The zero-order chi connectivity index (χ0) is 28.2. The Balaban J connectivity index is 1.49. The van der Waals surface area contributed by atoms with Crippen LogP contribution >= 0.6 is 0 Å². The van der Waals surface area contributed by atoms with Gasteiger partial charge in [-0.05, 0) is 88.1 Å². The molecule has 208 valence electrons. The fraction of sp³-hybridized carbons (Fsp3) is 0.406. The molecule has 0 amide bonds. The molecule has 1 aliphatic heterocycles. The first kappa shape index (κ1) is 26.4. The zero-order valence-corrected chi connectivity index (χ0v) is 23.4. The van der Waals surface area contributed by atoms with Crippen molar-refractivity contribution in [3.8, 4) is 22.4 Å². The van der Waals surface area contributed by atoms with E-state index in [2.05, 4.69) is 4.90 Å². The van der Waals surface area contributed by atoms with Crippen LogP contribution in [0.4, 0.5) is 10.2 Å². The third-order valence-electron chi connectivity index (χ3n) is 8.16. The van der Waals surface area contributed by atoms with Gasteiger partial charge in [0, 0.05) is 30.4 Å². The van der Waals surface area contributed by atoms with Gasteiger partial charge < -0.3 is 14.7 Å². The molecule has 1 atom stereocenters. The van der Waals surface area contributed by atoms with Gasteiger partial charge in [-0.1, -0.05) is 30.3 Å². The molecule has 2 fully saturated rings. The Labute approximate surface area is 233 Å². The van der Waals surface area contributed by atoms with Gasteiger partial charge in [-0.15, -0.1) is 0 Å². The minimum Gasteiger partial charge on any atom is -0.479 e. The van der Waals surface area contributed by atoms with Crippen molar-refractivity contribution in [2.75, 3.05) is 18.0 Å². The number of ether oxygens (including phenoxy) is 1. The van der Waals surface area contributed by atoms with Gasteiger partial charge >= 0.3 is 5.97 Å². The lowest BCUT2D eigenvalue weighted by Crippen LogP contribution is -2.38. The molecule has 7 nitrogen and oxygen atoms in total. The topological polar surface area (TPSA) is 80.0 Å². The standard InChI is InChI=1S/C32H35FN4O3/c1-20-27(28(30(38)39)40-31(2,3)4)29(36-15-13-32(11-12-32)14-16-36)37-26(34-20)19-25(35-37)23-9-5-7-21(17-23)22-8-6-10-24(33)18-22/h5-10,17-19,28H,11-16H2,1-4H3,(H,38,39)/t28-/m0/s1. The first-order valence-corrected chi connectivity index (χ1v) is 13.9. The van der Waals surface area contributed by atoms with Crippen molar-refractivity contribution in [1.82, 2.24) is 14.6 Å². The maximum atomic E-state index is 13.9. The lowest BCUT2D eigenvalue weighted by molar-refractivity contribution is -0.160. The summed E-state index contributed by atoms with van der Waals surface area (Å²) < 4.78 is 21.8. The number of nitrogens with zero attached hydrogens (tertiary/aromatic N) is 4. The van der Waals surface area contributed by atoms with Gasteiger partial charge in [0.1, 0.15) is 11.6 Å². The van der Waals surface area contributed by atoms with Crippen molar-refractivity contribution in [2.45, 2.75) is 65.1 Å². The van der Waals surface area contributed by atoms with Crippen molar-refractivity contribution in [3.05, 3.63) is 71.7 Å². The Morgan fingerprint density at radius 3 is 2.27 bits per heavy atom. The van der Waals surface area contributed by atoms with Gasteiger partial charge in [0.2, 0.25) is 0 Å². The van der Waals surface area contributed by atoms with Crippen LogP contribution in [0.3, 0.4) is 0 Å². The van der Waals surface area contributed by atoms with Crippen LogP contribution in [0, 0.1) is 18.2 Å². The first-order chi connectivity index (χ1) is 19.0. The fourth-order valence-corrected chi connectivity index (χ4v) is 5.85. The van der Waals surface area contributed by atoms with Gasteiger partial charge in [0.05, 0.1) is 16.9 Å². The second-order valence-electron chi connectivity index (χ2n) is 12.3. The van der Waals surface area contributed by atoms with Crippen LogP contribution in [-0.2, 0) is 9.53 Å². The van der Waals surface area contributed by atoms with Crippen LogP contribution in [-0.4, -0.2) is 44.4 Å². The van der Waals surface area contributed by atoms with Crippen LogP contribution in [0.5, 0.6) is 0 Å². The molecule has 1 saturated carbocycles. The highest BCUT2D eigenvalue weighted by Crippen LogP contribution is 2.54. The summed E-state index contributed by atoms with van der Waals surface area (Å²) in [6.45, 7) is 9.09. The molecule has 2 aromatic heterocycles. The third kappa shape index (κ3) is 5.08. The van der Waals surface area contributed by atoms with Crippen LogP contribution in [0.1, 0.15) is 63.8 Å². The number of hydrogen-bond acceptors (Lipinski definition) is 5. The average Bonchev–Trinajstić information content (AvgIpc) is 3.52. The summed E-state index contributed by atoms with van der Waals surface area (Å²) in [5, 5.41) is 15.3.